The molecular formula is C14H22O. The Kier molecular flexibility index (Phi) is 3.25. The zero-order valence-electron chi connectivity index (χ0n) is 10.7. The van der Waals surface area contributed by atoms with Gasteiger partial charge in [-0.2, -0.15) is 0 Å². The maximum Gasteiger partial charge on any atom is 0.0843 e. The second-order valence-electron chi connectivity index (χ2n) is 5.58. The fourth-order valence-electron chi connectivity index (χ4n) is 2.06. The topological polar surface area (TPSA) is 20.2 Å². The molecule has 0 aromatic heterocycles. The lowest BCUT2D eigenvalue weighted by Gasteiger charge is -2.29. The molecule has 84 valence electrons. The van der Waals surface area contributed by atoms with E-state index in [-0.39, 0.29) is 5.41 Å². The molecule has 1 aromatic rings. The van der Waals surface area contributed by atoms with Gasteiger partial charge in [0.25, 0.3) is 0 Å². The van der Waals surface area contributed by atoms with Gasteiger partial charge in [-0.3, -0.25) is 0 Å². The van der Waals surface area contributed by atoms with E-state index in [4.69, 9.17) is 0 Å². The average molecular weight is 206 g/mol. The lowest BCUT2D eigenvalue weighted by atomic mass is 9.81. The van der Waals surface area contributed by atoms with Gasteiger partial charge in [0, 0.05) is 0 Å². The molecule has 0 heterocycles. The maximum atomic E-state index is 10.3. The lowest BCUT2D eigenvalue weighted by Crippen LogP contribution is -2.19. The van der Waals surface area contributed by atoms with E-state index in [0.717, 1.165) is 5.56 Å². The lowest BCUT2D eigenvalue weighted by molar-refractivity contribution is 0.0616. The monoisotopic (exact) mass is 206 g/mol. The summed E-state index contributed by atoms with van der Waals surface area (Å²) >= 11 is 0. The predicted molar refractivity (Wildman–Crippen MR) is 65.1 cm³/mol. The molecule has 0 aliphatic heterocycles. The molecule has 1 aromatic carbocycles. The number of hydrogen-bond acceptors (Lipinski definition) is 1. The van der Waals surface area contributed by atoms with Gasteiger partial charge in [0.15, 0.2) is 0 Å². The van der Waals surface area contributed by atoms with Crippen LogP contribution in [0.25, 0.3) is 0 Å². The minimum Gasteiger partial charge on any atom is -0.388 e. The molecule has 0 saturated carbocycles. The molecule has 0 aliphatic carbocycles. The van der Waals surface area contributed by atoms with Crippen molar-refractivity contribution in [3.63, 3.8) is 0 Å². The van der Waals surface area contributed by atoms with Crippen molar-refractivity contribution in [1.29, 1.82) is 0 Å². The maximum absolute atomic E-state index is 10.3. The largest absolute Gasteiger partial charge is 0.388 e. The molecule has 1 heteroatoms. The number of aryl methyl sites for hydroxylation is 3. The number of aliphatic hydroxyl groups excluding tert-OH is 1. The summed E-state index contributed by atoms with van der Waals surface area (Å²) in [5.74, 6) is 0. The Hall–Kier alpha value is -0.820. The average Bonchev–Trinajstić information content (AvgIpc) is 1.99. The minimum absolute atomic E-state index is 0.106. The van der Waals surface area contributed by atoms with Crippen LogP contribution in [0, 0.1) is 26.2 Å². The highest BCUT2D eigenvalue weighted by molar-refractivity contribution is 5.39. The molecule has 1 unspecified atom stereocenters. The summed E-state index contributed by atoms with van der Waals surface area (Å²) in [5.41, 5.74) is 4.62. The molecule has 0 bridgehead atoms. The molecule has 1 rings (SSSR count). The SMILES string of the molecule is Cc1cc(C)c(C(O)C(C)(C)C)c(C)c1. The van der Waals surface area contributed by atoms with E-state index >= 15 is 0 Å². The Balaban J connectivity index is 3.26. The van der Waals surface area contributed by atoms with Crippen molar-refractivity contribution < 1.29 is 5.11 Å². The first-order valence-corrected chi connectivity index (χ1v) is 5.49. The second kappa shape index (κ2) is 3.97. The van der Waals surface area contributed by atoms with E-state index in [9.17, 15) is 5.11 Å². The summed E-state index contributed by atoms with van der Waals surface area (Å²) < 4.78 is 0. The highest BCUT2D eigenvalue weighted by Gasteiger charge is 2.26. The summed E-state index contributed by atoms with van der Waals surface area (Å²) in [6, 6.07) is 4.27. The molecule has 0 radical (unpaired) electrons. The minimum atomic E-state index is -0.391. The van der Waals surface area contributed by atoms with Gasteiger partial charge in [-0.1, -0.05) is 38.5 Å². The van der Waals surface area contributed by atoms with E-state index in [1.165, 1.54) is 16.7 Å². The van der Waals surface area contributed by atoms with Crippen LogP contribution >= 0.6 is 0 Å². The molecule has 0 saturated heterocycles. The van der Waals surface area contributed by atoms with Crippen LogP contribution < -0.4 is 0 Å². The number of rotatable bonds is 1. The Morgan fingerprint density at radius 1 is 1.00 bits per heavy atom. The van der Waals surface area contributed by atoms with E-state index in [0.29, 0.717) is 0 Å². The molecule has 1 N–H and O–H groups in total. The van der Waals surface area contributed by atoms with Gasteiger partial charge in [0.2, 0.25) is 0 Å². The van der Waals surface area contributed by atoms with Crippen LogP contribution in [0.2, 0.25) is 0 Å². The molecule has 0 spiro atoms. The van der Waals surface area contributed by atoms with Crippen LogP contribution in [-0.2, 0) is 0 Å². The smallest absolute Gasteiger partial charge is 0.0843 e. The molecule has 0 fully saturated rings. The van der Waals surface area contributed by atoms with Crippen molar-refractivity contribution >= 4 is 0 Å². The standard InChI is InChI=1S/C14H22O/c1-9-7-10(2)12(11(3)8-9)13(15)14(4,5)6/h7-8,13,15H,1-6H3. The van der Waals surface area contributed by atoms with Crippen molar-refractivity contribution in [3.05, 3.63) is 34.4 Å². The Bertz CT molecular complexity index is 335. The second-order valence-corrected chi connectivity index (χ2v) is 5.58. The van der Waals surface area contributed by atoms with Crippen molar-refractivity contribution in [3.8, 4) is 0 Å². The normalized spacial score (nSPS) is 14.1. The van der Waals surface area contributed by atoms with Crippen LogP contribution in [0.5, 0.6) is 0 Å². The van der Waals surface area contributed by atoms with Gasteiger partial charge in [0.05, 0.1) is 6.10 Å². The van der Waals surface area contributed by atoms with E-state index in [1.807, 2.05) is 0 Å². The number of hydrogen-bond donors (Lipinski definition) is 1. The van der Waals surface area contributed by atoms with Crippen molar-refractivity contribution in [1.82, 2.24) is 0 Å². The quantitative estimate of drug-likeness (QED) is 0.743. The molecule has 0 amide bonds. The summed E-state index contributed by atoms with van der Waals surface area (Å²) in [6.45, 7) is 12.4. The Morgan fingerprint density at radius 2 is 1.40 bits per heavy atom. The van der Waals surface area contributed by atoms with Crippen molar-refractivity contribution in [2.75, 3.05) is 0 Å². The fourth-order valence-corrected chi connectivity index (χ4v) is 2.06. The summed E-state index contributed by atoms with van der Waals surface area (Å²) in [4.78, 5) is 0. The zero-order chi connectivity index (χ0) is 11.8. The Labute approximate surface area is 93.1 Å². The zero-order valence-corrected chi connectivity index (χ0v) is 10.7. The van der Waals surface area contributed by atoms with Gasteiger partial charge in [-0.15, -0.1) is 0 Å². The first-order valence-electron chi connectivity index (χ1n) is 5.49. The van der Waals surface area contributed by atoms with Crippen LogP contribution in [0.3, 0.4) is 0 Å². The molecule has 1 atom stereocenters. The third-order valence-electron chi connectivity index (χ3n) is 2.83. The van der Waals surface area contributed by atoms with Gasteiger partial charge < -0.3 is 5.11 Å². The highest BCUT2D eigenvalue weighted by atomic mass is 16.3. The highest BCUT2D eigenvalue weighted by Crippen LogP contribution is 2.36. The van der Waals surface area contributed by atoms with Crippen molar-refractivity contribution in [2.45, 2.75) is 47.6 Å². The van der Waals surface area contributed by atoms with Gasteiger partial charge in [-0.25, -0.2) is 0 Å². The van der Waals surface area contributed by atoms with Crippen LogP contribution in [-0.4, -0.2) is 5.11 Å². The van der Waals surface area contributed by atoms with Crippen LogP contribution in [0.15, 0.2) is 12.1 Å². The molecular weight excluding hydrogens is 184 g/mol. The van der Waals surface area contributed by atoms with Gasteiger partial charge >= 0.3 is 0 Å². The van der Waals surface area contributed by atoms with E-state index in [2.05, 4.69) is 53.7 Å². The summed E-state index contributed by atoms with van der Waals surface area (Å²) in [6.07, 6.45) is -0.391. The number of benzene rings is 1. The first kappa shape index (κ1) is 12.3. The Morgan fingerprint density at radius 3 is 1.73 bits per heavy atom. The van der Waals surface area contributed by atoms with Gasteiger partial charge in [0.1, 0.15) is 0 Å². The number of aliphatic hydroxyl groups is 1. The van der Waals surface area contributed by atoms with Crippen LogP contribution in [0.1, 0.15) is 49.1 Å². The molecule has 15 heavy (non-hydrogen) atoms. The van der Waals surface area contributed by atoms with Crippen molar-refractivity contribution in [2.24, 2.45) is 5.41 Å². The summed E-state index contributed by atoms with van der Waals surface area (Å²) in [7, 11) is 0. The fraction of sp³-hybridized carbons (Fsp3) is 0.571. The summed E-state index contributed by atoms with van der Waals surface area (Å²) in [5, 5.41) is 10.3. The predicted octanol–water partition coefficient (Wildman–Crippen LogP) is 3.69. The third kappa shape index (κ3) is 2.60. The van der Waals surface area contributed by atoms with Crippen LogP contribution in [0.4, 0.5) is 0 Å². The van der Waals surface area contributed by atoms with E-state index < -0.39 is 6.10 Å². The molecule has 0 aliphatic rings. The first-order chi connectivity index (χ1) is 6.73. The third-order valence-corrected chi connectivity index (χ3v) is 2.83. The molecule has 1 nitrogen and oxygen atoms in total. The van der Waals surface area contributed by atoms with Gasteiger partial charge in [-0.05, 0) is 42.9 Å². The van der Waals surface area contributed by atoms with E-state index in [1.54, 1.807) is 0 Å².